The van der Waals surface area contributed by atoms with Gasteiger partial charge in [0.1, 0.15) is 0 Å². The lowest BCUT2D eigenvalue weighted by Gasteiger charge is -2.37. The van der Waals surface area contributed by atoms with Crippen molar-refractivity contribution in [2.24, 2.45) is 5.92 Å². The largest absolute Gasteiger partial charge is 0.395 e. The zero-order valence-corrected chi connectivity index (χ0v) is 8.95. The highest BCUT2D eigenvalue weighted by Gasteiger charge is 2.24. The summed E-state index contributed by atoms with van der Waals surface area (Å²) in [5, 5.41) is 12.5. The van der Waals surface area contributed by atoms with Gasteiger partial charge in [-0.05, 0) is 19.4 Å². The van der Waals surface area contributed by atoms with E-state index >= 15 is 0 Å². The average molecular weight is 186 g/mol. The first-order valence-electron chi connectivity index (χ1n) is 5.18. The van der Waals surface area contributed by atoms with Crippen molar-refractivity contribution >= 4 is 0 Å². The topological polar surface area (TPSA) is 35.5 Å². The van der Waals surface area contributed by atoms with Crippen LogP contribution in [-0.2, 0) is 0 Å². The molecule has 0 bridgehead atoms. The van der Waals surface area contributed by atoms with Crippen LogP contribution in [0.15, 0.2) is 0 Å². The summed E-state index contributed by atoms with van der Waals surface area (Å²) in [4.78, 5) is 2.25. The molecule has 78 valence electrons. The van der Waals surface area contributed by atoms with Crippen LogP contribution in [0.4, 0.5) is 0 Å². The highest BCUT2D eigenvalue weighted by Crippen LogP contribution is 2.11. The summed E-state index contributed by atoms with van der Waals surface area (Å²) in [6.07, 6.45) is 1.22. The number of piperazine rings is 1. The van der Waals surface area contributed by atoms with Crippen LogP contribution in [0.5, 0.6) is 0 Å². The van der Waals surface area contributed by atoms with Crippen LogP contribution in [0.25, 0.3) is 0 Å². The van der Waals surface area contributed by atoms with Crippen molar-refractivity contribution in [1.82, 2.24) is 10.2 Å². The minimum Gasteiger partial charge on any atom is -0.395 e. The van der Waals surface area contributed by atoms with Crippen LogP contribution in [0.1, 0.15) is 20.3 Å². The lowest BCUT2D eigenvalue weighted by molar-refractivity contribution is 0.0983. The summed E-state index contributed by atoms with van der Waals surface area (Å²) >= 11 is 0. The molecule has 13 heavy (non-hydrogen) atoms. The highest BCUT2D eigenvalue weighted by molar-refractivity contribution is 4.84. The molecule has 3 nitrogen and oxygen atoms in total. The van der Waals surface area contributed by atoms with Crippen LogP contribution in [0.2, 0.25) is 0 Å². The molecule has 0 spiro atoms. The van der Waals surface area contributed by atoms with Crippen molar-refractivity contribution in [1.29, 1.82) is 0 Å². The maximum absolute atomic E-state index is 9.05. The number of hydrogen-bond acceptors (Lipinski definition) is 3. The zero-order valence-electron chi connectivity index (χ0n) is 8.95. The Morgan fingerprint density at radius 2 is 2.23 bits per heavy atom. The van der Waals surface area contributed by atoms with E-state index in [0.29, 0.717) is 12.1 Å². The van der Waals surface area contributed by atoms with Crippen molar-refractivity contribution in [3.63, 3.8) is 0 Å². The van der Waals surface area contributed by atoms with Gasteiger partial charge in [0.15, 0.2) is 0 Å². The Balaban J connectivity index is 2.32. The van der Waals surface area contributed by atoms with Crippen molar-refractivity contribution in [2.45, 2.75) is 32.4 Å². The molecule has 2 atom stereocenters. The van der Waals surface area contributed by atoms with Gasteiger partial charge in [-0.1, -0.05) is 13.8 Å². The van der Waals surface area contributed by atoms with E-state index in [1.807, 2.05) is 0 Å². The van der Waals surface area contributed by atoms with E-state index in [1.54, 1.807) is 0 Å². The predicted molar refractivity (Wildman–Crippen MR) is 54.7 cm³/mol. The molecule has 3 heteroatoms. The molecule has 1 saturated heterocycles. The maximum atomic E-state index is 9.05. The van der Waals surface area contributed by atoms with E-state index in [4.69, 9.17) is 5.11 Å². The van der Waals surface area contributed by atoms with Gasteiger partial charge in [0, 0.05) is 25.2 Å². The number of nitrogens with one attached hydrogen (secondary N) is 1. The Morgan fingerprint density at radius 3 is 2.69 bits per heavy atom. The summed E-state index contributed by atoms with van der Waals surface area (Å²) < 4.78 is 0. The molecule has 0 aromatic rings. The smallest absolute Gasteiger partial charge is 0.0599 e. The van der Waals surface area contributed by atoms with Crippen LogP contribution >= 0.6 is 0 Å². The summed E-state index contributed by atoms with van der Waals surface area (Å²) in [7, 11) is 2.09. The Bertz CT molecular complexity index is 150. The van der Waals surface area contributed by atoms with E-state index < -0.39 is 0 Å². The molecule has 0 aromatic heterocycles. The molecule has 2 unspecified atom stereocenters. The van der Waals surface area contributed by atoms with Gasteiger partial charge in [-0.25, -0.2) is 0 Å². The van der Waals surface area contributed by atoms with Gasteiger partial charge in [0.05, 0.1) is 6.61 Å². The number of aliphatic hydroxyl groups is 1. The molecule has 2 N–H and O–H groups in total. The molecule has 1 fully saturated rings. The molecule has 0 radical (unpaired) electrons. The van der Waals surface area contributed by atoms with Crippen molar-refractivity contribution < 1.29 is 5.11 Å². The van der Waals surface area contributed by atoms with Crippen LogP contribution < -0.4 is 5.32 Å². The molecule has 0 aliphatic carbocycles. The van der Waals surface area contributed by atoms with E-state index in [-0.39, 0.29) is 6.61 Å². The summed E-state index contributed by atoms with van der Waals surface area (Å²) in [5.41, 5.74) is 0. The molecule has 1 aliphatic heterocycles. The monoisotopic (exact) mass is 186 g/mol. The Labute approximate surface area is 81.1 Å². The second-order valence-electron chi connectivity index (χ2n) is 4.51. The van der Waals surface area contributed by atoms with Crippen molar-refractivity contribution in [3.05, 3.63) is 0 Å². The quantitative estimate of drug-likeness (QED) is 0.665. The fraction of sp³-hybridized carbons (Fsp3) is 1.00. The molecule has 1 aliphatic rings. The van der Waals surface area contributed by atoms with Crippen LogP contribution in [0.3, 0.4) is 0 Å². The molecule has 0 amide bonds. The Morgan fingerprint density at radius 1 is 1.54 bits per heavy atom. The van der Waals surface area contributed by atoms with Gasteiger partial charge < -0.3 is 10.4 Å². The van der Waals surface area contributed by atoms with Crippen molar-refractivity contribution in [3.8, 4) is 0 Å². The molecule has 1 heterocycles. The van der Waals surface area contributed by atoms with Gasteiger partial charge in [-0.2, -0.15) is 0 Å². The van der Waals surface area contributed by atoms with Gasteiger partial charge in [-0.3, -0.25) is 4.90 Å². The first-order chi connectivity index (χ1) is 6.13. The Hall–Kier alpha value is -0.120. The molecular weight excluding hydrogens is 164 g/mol. The van der Waals surface area contributed by atoms with E-state index in [1.165, 1.54) is 6.42 Å². The molecular formula is C10H22N2O. The number of likely N-dealkylation sites (N-methyl/N-ethyl adjacent to an activating group) is 1. The SMILES string of the molecule is CC(C)CC1CN(C)C(CO)CN1. The summed E-state index contributed by atoms with van der Waals surface area (Å²) in [6.45, 7) is 6.74. The predicted octanol–water partition coefficient (Wildman–Crippen LogP) is 0.297. The zero-order chi connectivity index (χ0) is 9.84. The summed E-state index contributed by atoms with van der Waals surface area (Å²) in [6, 6.07) is 0.913. The lowest BCUT2D eigenvalue weighted by Crippen LogP contribution is -2.56. The number of nitrogens with zero attached hydrogens (tertiary/aromatic N) is 1. The molecule has 1 rings (SSSR count). The van der Waals surface area contributed by atoms with E-state index in [0.717, 1.165) is 19.0 Å². The van der Waals surface area contributed by atoms with Crippen LogP contribution in [-0.4, -0.2) is 48.8 Å². The summed E-state index contributed by atoms with van der Waals surface area (Å²) in [5.74, 6) is 0.747. The minimum absolute atomic E-state index is 0.262. The first kappa shape index (κ1) is 11.0. The van der Waals surface area contributed by atoms with Gasteiger partial charge in [0.2, 0.25) is 0 Å². The van der Waals surface area contributed by atoms with Gasteiger partial charge in [0.25, 0.3) is 0 Å². The third kappa shape index (κ3) is 3.25. The molecule has 0 saturated carbocycles. The first-order valence-corrected chi connectivity index (χ1v) is 5.18. The second kappa shape index (κ2) is 4.94. The number of hydrogen-bond donors (Lipinski definition) is 2. The van der Waals surface area contributed by atoms with E-state index in [2.05, 4.69) is 31.1 Å². The third-order valence-electron chi connectivity index (χ3n) is 2.74. The number of rotatable bonds is 3. The standard InChI is InChI=1S/C10H22N2O/c1-8(2)4-9-6-12(3)10(7-13)5-11-9/h8-11,13H,4-7H2,1-3H3. The van der Waals surface area contributed by atoms with Crippen molar-refractivity contribution in [2.75, 3.05) is 26.7 Å². The second-order valence-corrected chi connectivity index (χ2v) is 4.51. The van der Waals surface area contributed by atoms with Crippen LogP contribution in [0, 0.1) is 5.92 Å². The fourth-order valence-electron chi connectivity index (χ4n) is 1.95. The normalized spacial score (nSPS) is 31.2. The third-order valence-corrected chi connectivity index (χ3v) is 2.74. The highest BCUT2D eigenvalue weighted by atomic mass is 16.3. The minimum atomic E-state index is 0.262. The fourth-order valence-corrected chi connectivity index (χ4v) is 1.95. The van der Waals surface area contributed by atoms with Gasteiger partial charge in [-0.15, -0.1) is 0 Å². The number of aliphatic hydroxyl groups excluding tert-OH is 1. The lowest BCUT2D eigenvalue weighted by atomic mass is 10.0. The average Bonchev–Trinajstić information content (AvgIpc) is 2.03. The maximum Gasteiger partial charge on any atom is 0.0599 e. The van der Waals surface area contributed by atoms with Gasteiger partial charge >= 0.3 is 0 Å². The van der Waals surface area contributed by atoms with E-state index in [9.17, 15) is 0 Å². The molecule has 0 aromatic carbocycles. The Kier molecular flexibility index (Phi) is 4.16.